The van der Waals surface area contributed by atoms with Gasteiger partial charge in [-0.25, -0.2) is 0 Å². The van der Waals surface area contributed by atoms with Crippen LogP contribution in [0.25, 0.3) is 0 Å². The molecule has 1 heterocycles. The van der Waals surface area contributed by atoms with Crippen LogP contribution in [0.1, 0.15) is 50.6 Å². The number of para-hydroxylation sites is 1. The van der Waals surface area contributed by atoms with Crippen molar-refractivity contribution < 1.29 is 4.76 Å². The minimum Gasteiger partial charge on any atom is -0.303 e. The van der Waals surface area contributed by atoms with Crippen LogP contribution < -0.4 is 5.32 Å². The van der Waals surface area contributed by atoms with Crippen LogP contribution in [0.2, 0.25) is 0 Å². The van der Waals surface area contributed by atoms with Gasteiger partial charge in [-0.2, -0.15) is 0 Å². The van der Waals surface area contributed by atoms with Gasteiger partial charge in [-0.15, -0.1) is 0 Å². The van der Waals surface area contributed by atoms with Gasteiger partial charge in [0, 0.05) is 6.04 Å². The number of fused-ring (bicyclic) bond motifs is 1. The maximum absolute atomic E-state index is 12.3. The highest BCUT2D eigenvalue weighted by atomic mass is 16.3. The molecule has 4 heteroatoms. The Balaban J connectivity index is 1.72. The molecule has 1 aliphatic carbocycles. The molecule has 3 rings (SSSR count). The molecule has 0 radical (unpaired) electrons. The van der Waals surface area contributed by atoms with Crippen molar-refractivity contribution in [3.8, 4) is 0 Å². The lowest BCUT2D eigenvalue weighted by Crippen LogP contribution is -2.39. The van der Waals surface area contributed by atoms with E-state index in [-0.39, 0.29) is 6.04 Å². The third kappa shape index (κ3) is 2.66. The molecular formula is C16H22N3O+. The lowest BCUT2D eigenvalue weighted by atomic mass is 9.95. The van der Waals surface area contributed by atoms with Gasteiger partial charge < -0.3 is 5.32 Å². The van der Waals surface area contributed by atoms with Gasteiger partial charge in [-0.3, -0.25) is 0 Å². The average Bonchev–Trinajstić information content (AvgIpc) is 2.50. The molecule has 1 aromatic rings. The molecule has 1 atom stereocenters. The number of nitrogens with zero attached hydrogens (tertiary/aromatic N) is 2. The summed E-state index contributed by atoms with van der Waals surface area (Å²) < 4.78 is 1.05. The number of hydrogen-bond donors (Lipinski definition) is 1. The van der Waals surface area contributed by atoms with Gasteiger partial charge in [0.15, 0.2) is 11.7 Å². The van der Waals surface area contributed by atoms with Crippen LogP contribution in [-0.2, 0) is 0 Å². The summed E-state index contributed by atoms with van der Waals surface area (Å²) >= 11 is 0. The fourth-order valence-corrected chi connectivity index (χ4v) is 3.14. The summed E-state index contributed by atoms with van der Waals surface area (Å²) in [6.07, 6.45) is 6.38. The molecule has 1 fully saturated rings. The lowest BCUT2D eigenvalue weighted by molar-refractivity contribution is -0.481. The number of aliphatic imine (C=N–C) groups is 1. The summed E-state index contributed by atoms with van der Waals surface area (Å²) in [7, 11) is 0. The highest BCUT2D eigenvalue weighted by Crippen LogP contribution is 2.31. The molecule has 1 aromatic carbocycles. The Morgan fingerprint density at radius 1 is 1.25 bits per heavy atom. The summed E-state index contributed by atoms with van der Waals surface area (Å²) in [4.78, 5) is 16.8. The molecule has 20 heavy (non-hydrogen) atoms. The predicted octanol–water partition coefficient (Wildman–Crippen LogP) is 3.49. The summed E-state index contributed by atoms with van der Waals surface area (Å²) in [6, 6.07) is 8.31. The molecule has 0 saturated heterocycles. The second-order valence-corrected chi connectivity index (χ2v) is 5.80. The molecule has 0 amide bonds. The van der Waals surface area contributed by atoms with Gasteiger partial charge in [0.05, 0.1) is 5.56 Å². The zero-order valence-corrected chi connectivity index (χ0v) is 12.0. The van der Waals surface area contributed by atoms with Gasteiger partial charge in [0.25, 0.3) is 0 Å². The number of hydrogen-bond acceptors (Lipinski definition) is 3. The second kappa shape index (κ2) is 5.83. The third-order valence-corrected chi connectivity index (χ3v) is 4.40. The van der Waals surface area contributed by atoms with E-state index in [0.717, 1.165) is 16.0 Å². The standard InChI is InChI=1S/C16H22N3O/c1-12-14-9-5-6-10-15(14)18-16(19(12)20)11-17-13-7-3-2-4-8-13/h5-6,9-10,12-13,17H,2-4,7-8,11H2,1H3/q+1. The van der Waals surface area contributed by atoms with Gasteiger partial charge in [0.1, 0.15) is 6.54 Å². The molecule has 1 N–H and O–H groups in total. The van der Waals surface area contributed by atoms with Crippen molar-refractivity contribution in [1.29, 1.82) is 0 Å². The minimum atomic E-state index is -0.146. The van der Waals surface area contributed by atoms with E-state index < -0.39 is 0 Å². The molecule has 4 nitrogen and oxygen atoms in total. The third-order valence-electron chi connectivity index (χ3n) is 4.40. The first kappa shape index (κ1) is 13.4. The van der Waals surface area contributed by atoms with Gasteiger partial charge in [0.2, 0.25) is 0 Å². The van der Waals surface area contributed by atoms with Crippen molar-refractivity contribution >= 4 is 11.5 Å². The lowest BCUT2D eigenvalue weighted by Gasteiger charge is -2.22. The van der Waals surface area contributed by atoms with Crippen molar-refractivity contribution in [3.05, 3.63) is 34.7 Å². The quantitative estimate of drug-likeness (QED) is 0.856. The number of nitroso groups, excluding NO2 is 1. The highest BCUT2D eigenvalue weighted by Gasteiger charge is 2.34. The minimum absolute atomic E-state index is 0.146. The highest BCUT2D eigenvalue weighted by molar-refractivity contribution is 5.81. The van der Waals surface area contributed by atoms with Gasteiger partial charge >= 0.3 is 5.84 Å². The Morgan fingerprint density at radius 2 is 2.00 bits per heavy atom. The van der Waals surface area contributed by atoms with Crippen LogP contribution in [0.4, 0.5) is 5.69 Å². The first-order chi connectivity index (χ1) is 9.75. The average molecular weight is 272 g/mol. The van der Waals surface area contributed by atoms with E-state index in [1.165, 1.54) is 32.1 Å². The largest absolute Gasteiger partial charge is 0.351 e. The van der Waals surface area contributed by atoms with Crippen LogP contribution in [0.5, 0.6) is 0 Å². The molecule has 1 unspecified atom stereocenters. The normalized spacial score (nSPS) is 23.4. The van der Waals surface area contributed by atoms with Crippen molar-refractivity contribution in [2.45, 2.75) is 51.1 Å². The van der Waals surface area contributed by atoms with Crippen LogP contribution in [-0.4, -0.2) is 23.2 Å². The molecule has 0 spiro atoms. The Kier molecular flexibility index (Phi) is 3.92. The summed E-state index contributed by atoms with van der Waals surface area (Å²) in [6.45, 7) is 2.52. The number of benzene rings is 1. The van der Waals surface area contributed by atoms with Crippen molar-refractivity contribution in [2.75, 3.05) is 6.54 Å². The summed E-state index contributed by atoms with van der Waals surface area (Å²) in [5, 5.41) is 3.50. The van der Waals surface area contributed by atoms with E-state index >= 15 is 0 Å². The van der Waals surface area contributed by atoms with Gasteiger partial charge in [-0.1, -0.05) is 42.4 Å². The van der Waals surface area contributed by atoms with Crippen LogP contribution in [0.15, 0.2) is 29.3 Å². The predicted molar refractivity (Wildman–Crippen MR) is 80.5 cm³/mol. The number of rotatable bonds is 3. The molecule has 0 bridgehead atoms. The van der Waals surface area contributed by atoms with E-state index in [4.69, 9.17) is 0 Å². The molecule has 0 aromatic heterocycles. The van der Waals surface area contributed by atoms with Crippen LogP contribution >= 0.6 is 0 Å². The monoisotopic (exact) mass is 272 g/mol. The van der Waals surface area contributed by atoms with Crippen molar-refractivity contribution in [3.63, 3.8) is 0 Å². The molecule has 2 aliphatic rings. The van der Waals surface area contributed by atoms with E-state index in [1.807, 2.05) is 31.2 Å². The van der Waals surface area contributed by atoms with Crippen molar-refractivity contribution in [2.24, 2.45) is 4.99 Å². The SMILES string of the molecule is CC1c2ccccc2N=C(CNC2CCCCC2)[N+]1=O. The van der Waals surface area contributed by atoms with E-state index in [0.29, 0.717) is 18.4 Å². The zero-order chi connectivity index (χ0) is 13.9. The van der Waals surface area contributed by atoms with Crippen LogP contribution in [0.3, 0.4) is 0 Å². The fraction of sp³-hybridized carbons (Fsp3) is 0.562. The Hall–Kier alpha value is -1.55. The first-order valence-corrected chi connectivity index (χ1v) is 7.62. The van der Waals surface area contributed by atoms with Crippen molar-refractivity contribution in [1.82, 2.24) is 5.32 Å². The van der Waals surface area contributed by atoms with Gasteiger partial charge in [-0.05, 0) is 35.6 Å². The zero-order valence-electron chi connectivity index (χ0n) is 12.0. The maximum atomic E-state index is 12.3. The Labute approximate surface area is 119 Å². The fourth-order valence-electron chi connectivity index (χ4n) is 3.14. The Bertz CT molecular complexity index is 532. The molecule has 1 saturated carbocycles. The summed E-state index contributed by atoms with van der Waals surface area (Å²) in [5.74, 6) is 0.613. The molecule has 1 aliphatic heterocycles. The number of nitrogens with one attached hydrogen (secondary N) is 1. The van der Waals surface area contributed by atoms with Crippen LogP contribution in [0, 0.1) is 4.91 Å². The van der Waals surface area contributed by atoms with E-state index in [2.05, 4.69) is 10.3 Å². The van der Waals surface area contributed by atoms with E-state index in [9.17, 15) is 4.91 Å². The summed E-state index contributed by atoms with van der Waals surface area (Å²) in [5.41, 5.74) is 1.96. The topological polar surface area (TPSA) is 44.5 Å². The smallest absolute Gasteiger partial charge is 0.303 e. The maximum Gasteiger partial charge on any atom is 0.351 e. The number of amidine groups is 1. The molecule has 106 valence electrons. The van der Waals surface area contributed by atoms with E-state index in [1.54, 1.807) is 0 Å². The molecular weight excluding hydrogens is 250 g/mol. The first-order valence-electron chi connectivity index (χ1n) is 7.62. The Morgan fingerprint density at radius 3 is 2.80 bits per heavy atom. The second-order valence-electron chi connectivity index (χ2n) is 5.80.